The third kappa shape index (κ3) is 4.81. The Balaban J connectivity index is 1.95. The molecule has 0 aromatic carbocycles. The van der Waals surface area contributed by atoms with Gasteiger partial charge in [-0.1, -0.05) is 11.6 Å². The lowest BCUT2D eigenvalue weighted by molar-refractivity contribution is 0.0939. The smallest absolute Gasteiger partial charge is 0.271 e. The molecule has 1 aromatic rings. The Labute approximate surface area is 136 Å². The predicted octanol–water partition coefficient (Wildman–Crippen LogP) is 2.28. The standard InChI is InChI=1S/C15H23ClN4O2/c1-2-22-10-6-7-17-14(21)13-12(16)11-18-15(19-13)20-8-4-3-5-9-20/h11H,2-10H2,1H3,(H,17,21). The lowest BCUT2D eigenvalue weighted by Gasteiger charge is -2.26. The Morgan fingerprint density at radius 3 is 2.91 bits per heavy atom. The summed E-state index contributed by atoms with van der Waals surface area (Å²) < 4.78 is 5.23. The second kappa shape index (κ2) is 8.90. The molecule has 1 fully saturated rings. The van der Waals surface area contributed by atoms with Crippen molar-refractivity contribution in [3.05, 3.63) is 16.9 Å². The van der Waals surface area contributed by atoms with Crippen molar-refractivity contribution < 1.29 is 9.53 Å². The molecule has 2 heterocycles. The summed E-state index contributed by atoms with van der Waals surface area (Å²) in [5.41, 5.74) is 0.244. The molecule has 0 saturated carbocycles. The molecule has 0 aliphatic carbocycles. The normalized spacial score (nSPS) is 14.9. The SMILES string of the molecule is CCOCCCNC(=O)c1nc(N2CCCCC2)ncc1Cl. The maximum atomic E-state index is 12.2. The lowest BCUT2D eigenvalue weighted by Crippen LogP contribution is -2.32. The molecule has 1 saturated heterocycles. The average molecular weight is 327 g/mol. The first-order chi connectivity index (χ1) is 10.7. The number of carbonyl (C=O) groups excluding carboxylic acids is 1. The zero-order valence-electron chi connectivity index (χ0n) is 13.0. The third-order valence-electron chi connectivity index (χ3n) is 3.54. The third-order valence-corrected chi connectivity index (χ3v) is 3.82. The fraction of sp³-hybridized carbons (Fsp3) is 0.667. The Morgan fingerprint density at radius 2 is 2.18 bits per heavy atom. The fourth-order valence-electron chi connectivity index (χ4n) is 2.37. The number of rotatable bonds is 7. The summed E-state index contributed by atoms with van der Waals surface area (Å²) in [4.78, 5) is 22.9. The van der Waals surface area contributed by atoms with Crippen molar-refractivity contribution in [2.75, 3.05) is 37.7 Å². The van der Waals surface area contributed by atoms with Crippen LogP contribution in [0.5, 0.6) is 0 Å². The molecule has 7 heteroatoms. The molecule has 0 atom stereocenters. The number of anilines is 1. The van der Waals surface area contributed by atoms with Gasteiger partial charge in [-0.05, 0) is 32.6 Å². The molecule has 1 aliphatic heterocycles. The van der Waals surface area contributed by atoms with Gasteiger partial charge in [0.1, 0.15) is 0 Å². The van der Waals surface area contributed by atoms with Gasteiger partial charge in [-0.25, -0.2) is 9.97 Å². The van der Waals surface area contributed by atoms with Crippen LogP contribution >= 0.6 is 11.6 Å². The molecule has 22 heavy (non-hydrogen) atoms. The highest BCUT2D eigenvalue weighted by molar-refractivity contribution is 6.33. The van der Waals surface area contributed by atoms with Crippen LogP contribution in [0.25, 0.3) is 0 Å². The molecule has 0 unspecified atom stereocenters. The molecule has 1 N–H and O–H groups in total. The second-order valence-corrected chi connectivity index (χ2v) is 5.63. The van der Waals surface area contributed by atoms with Crippen LogP contribution in [0.3, 0.4) is 0 Å². The van der Waals surface area contributed by atoms with Crippen molar-refractivity contribution in [2.24, 2.45) is 0 Å². The lowest BCUT2D eigenvalue weighted by atomic mass is 10.1. The number of piperidine rings is 1. The van der Waals surface area contributed by atoms with E-state index in [-0.39, 0.29) is 16.6 Å². The van der Waals surface area contributed by atoms with Crippen LogP contribution in [0.15, 0.2) is 6.20 Å². The zero-order chi connectivity index (χ0) is 15.8. The van der Waals surface area contributed by atoms with E-state index < -0.39 is 0 Å². The van der Waals surface area contributed by atoms with E-state index in [4.69, 9.17) is 16.3 Å². The van der Waals surface area contributed by atoms with Crippen LogP contribution in [0.2, 0.25) is 5.02 Å². The van der Waals surface area contributed by atoms with E-state index in [0.29, 0.717) is 25.7 Å². The summed E-state index contributed by atoms with van der Waals surface area (Å²) in [5.74, 6) is 0.325. The summed E-state index contributed by atoms with van der Waals surface area (Å²) in [5, 5.41) is 3.10. The van der Waals surface area contributed by atoms with Gasteiger partial charge in [0.2, 0.25) is 5.95 Å². The second-order valence-electron chi connectivity index (χ2n) is 5.22. The number of hydrogen-bond acceptors (Lipinski definition) is 5. The van der Waals surface area contributed by atoms with Gasteiger partial charge in [0.05, 0.1) is 11.2 Å². The van der Waals surface area contributed by atoms with Crippen molar-refractivity contribution in [1.29, 1.82) is 0 Å². The largest absolute Gasteiger partial charge is 0.382 e. The minimum absolute atomic E-state index is 0.244. The summed E-state index contributed by atoms with van der Waals surface area (Å²) >= 11 is 6.06. The minimum atomic E-state index is -0.262. The Morgan fingerprint density at radius 1 is 1.41 bits per heavy atom. The maximum absolute atomic E-state index is 12.2. The van der Waals surface area contributed by atoms with Crippen LogP contribution in [-0.2, 0) is 4.74 Å². The van der Waals surface area contributed by atoms with Crippen LogP contribution in [0, 0.1) is 0 Å². The van der Waals surface area contributed by atoms with Gasteiger partial charge in [-0.15, -0.1) is 0 Å². The van der Waals surface area contributed by atoms with E-state index in [1.54, 1.807) is 0 Å². The van der Waals surface area contributed by atoms with Crippen molar-refractivity contribution in [2.45, 2.75) is 32.6 Å². The topological polar surface area (TPSA) is 67.3 Å². The number of ether oxygens (including phenoxy) is 1. The summed E-state index contributed by atoms with van der Waals surface area (Å²) in [6.07, 6.45) is 5.77. The first-order valence-electron chi connectivity index (χ1n) is 7.85. The molecule has 1 amide bonds. The maximum Gasteiger partial charge on any atom is 0.271 e. The highest BCUT2D eigenvalue weighted by Crippen LogP contribution is 2.19. The van der Waals surface area contributed by atoms with E-state index in [0.717, 1.165) is 32.4 Å². The Bertz CT molecular complexity index is 492. The molecule has 0 radical (unpaired) electrons. The van der Waals surface area contributed by atoms with Gasteiger partial charge in [-0.3, -0.25) is 4.79 Å². The van der Waals surface area contributed by atoms with Crippen molar-refractivity contribution in [3.63, 3.8) is 0 Å². The number of nitrogens with zero attached hydrogens (tertiary/aromatic N) is 3. The highest BCUT2D eigenvalue weighted by Gasteiger charge is 2.18. The molecule has 2 rings (SSSR count). The number of nitrogens with one attached hydrogen (secondary N) is 1. The minimum Gasteiger partial charge on any atom is -0.382 e. The first kappa shape index (κ1) is 17.0. The van der Waals surface area contributed by atoms with Gasteiger partial charge in [0, 0.05) is 32.8 Å². The number of hydrogen-bond donors (Lipinski definition) is 1. The highest BCUT2D eigenvalue weighted by atomic mass is 35.5. The van der Waals surface area contributed by atoms with E-state index in [1.807, 2.05) is 6.92 Å². The number of halogens is 1. The van der Waals surface area contributed by atoms with Crippen LogP contribution in [0.1, 0.15) is 43.1 Å². The van der Waals surface area contributed by atoms with Gasteiger partial charge < -0.3 is 15.0 Å². The number of carbonyl (C=O) groups is 1. The first-order valence-corrected chi connectivity index (χ1v) is 8.23. The summed E-state index contributed by atoms with van der Waals surface area (Å²) in [6, 6.07) is 0. The van der Waals surface area contributed by atoms with E-state index >= 15 is 0 Å². The van der Waals surface area contributed by atoms with Crippen molar-refractivity contribution >= 4 is 23.5 Å². The van der Waals surface area contributed by atoms with Crippen LogP contribution in [0.4, 0.5) is 5.95 Å². The molecular weight excluding hydrogens is 304 g/mol. The quantitative estimate of drug-likeness (QED) is 0.779. The van der Waals surface area contributed by atoms with E-state index in [9.17, 15) is 4.79 Å². The summed E-state index contributed by atoms with van der Waals surface area (Å²) in [6.45, 7) is 5.66. The molecule has 1 aliphatic rings. The molecule has 1 aromatic heterocycles. The number of amides is 1. The molecule has 6 nitrogen and oxygen atoms in total. The summed E-state index contributed by atoms with van der Waals surface area (Å²) in [7, 11) is 0. The van der Waals surface area contributed by atoms with Gasteiger partial charge in [-0.2, -0.15) is 0 Å². The zero-order valence-corrected chi connectivity index (χ0v) is 13.7. The van der Waals surface area contributed by atoms with Gasteiger partial charge >= 0.3 is 0 Å². The molecular formula is C15H23ClN4O2. The van der Waals surface area contributed by atoms with Crippen LogP contribution < -0.4 is 10.2 Å². The molecule has 0 spiro atoms. The molecule has 122 valence electrons. The van der Waals surface area contributed by atoms with Crippen LogP contribution in [-0.4, -0.2) is 48.7 Å². The van der Waals surface area contributed by atoms with E-state index in [1.165, 1.54) is 12.6 Å². The van der Waals surface area contributed by atoms with Gasteiger partial charge in [0.25, 0.3) is 5.91 Å². The Kier molecular flexibility index (Phi) is 6.86. The van der Waals surface area contributed by atoms with Crippen molar-refractivity contribution in [3.8, 4) is 0 Å². The number of aromatic nitrogens is 2. The van der Waals surface area contributed by atoms with E-state index in [2.05, 4.69) is 20.2 Å². The predicted molar refractivity (Wildman–Crippen MR) is 86.5 cm³/mol. The average Bonchev–Trinajstić information content (AvgIpc) is 2.55. The van der Waals surface area contributed by atoms with Crippen molar-refractivity contribution in [1.82, 2.24) is 15.3 Å². The monoisotopic (exact) mass is 326 g/mol. The Hall–Kier alpha value is -1.40. The fourth-order valence-corrected chi connectivity index (χ4v) is 2.54. The van der Waals surface area contributed by atoms with Gasteiger partial charge in [0.15, 0.2) is 5.69 Å². The molecule has 0 bridgehead atoms.